The highest BCUT2D eigenvalue weighted by atomic mass is 16.5. The van der Waals surface area contributed by atoms with E-state index >= 15 is 0 Å². The van der Waals surface area contributed by atoms with Crippen LogP contribution in [0.3, 0.4) is 0 Å². The second kappa shape index (κ2) is 7.53. The Morgan fingerprint density at radius 1 is 0.786 bits per heavy atom. The van der Waals surface area contributed by atoms with Gasteiger partial charge in [-0.3, -0.25) is 9.36 Å². The number of carbonyl (C=O) groups excluding carboxylic acids is 2. The van der Waals surface area contributed by atoms with Crippen LogP contribution < -0.4 is 0 Å². The lowest BCUT2D eigenvalue weighted by atomic mass is 9.90. The lowest BCUT2D eigenvalue weighted by Crippen LogP contribution is -2.20. The predicted molar refractivity (Wildman–Crippen MR) is 109 cm³/mol. The van der Waals surface area contributed by atoms with E-state index in [4.69, 9.17) is 4.74 Å². The average molecular weight is 369 g/mol. The molecule has 4 aromatic rings. The Morgan fingerprint density at radius 2 is 1.32 bits per heavy atom. The average Bonchev–Trinajstić information content (AvgIpc) is 3.15. The van der Waals surface area contributed by atoms with Gasteiger partial charge < -0.3 is 4.74 Å². The number of methoxy groups -OCH3 is 1. The van der Waals surface area contributed by atoms with E-state index in [-0.39, 0.29) is 5.91 Å². The van der Waals surface area contributed by atoms with Crippen molar-refractivity contribution in [3.8, 4) is 0 Å². The van der Waals surface area contributed by atoms with Gasteiger partial charge in [0.15, 0.2) is 0 Å². The second-order valence-electron chi connectivity index (χ2n) is 6.51. The zero-order chi connectivity index (χ0) is 19.5. The molecule has 28 heavy (non-hydrogen) atoms. The third-order valence-corrected chi connectivity index (χ3v) is 4.87. The molecule has 4 rings (SSSR count). The molecular formula is C24H19NO3. The Kier molecular flexibility index (Phi) is 4.77. The van der Waals surface area contributed by atoms with Crippen LogP contribution in [-0.2, 0) is 4.74 Å². The van der Waals surface area contributed by atoms with E-state index in [1.165, 1.54) is 7.11 Å². The number of rotatable bonds is 4. The molecule has 1 aromatic heterocycles. The van der Waals surface area contributed by atoms with Gasteiger partial charge in [0.25, 0.3) is 0 Å². The van der Waals surface area contributed by atoms with Crippen molar-refractivity contribution in [1.82, 2.24) is 4.57 Å². The highest BCUT2D eigenvalue weighted by Crippen LogP contribution is 2.30. The molecule has 0 amide bonds. The summed E-state index contributed by atoms with van der Waals surface area (Å²) in [6, 6.07) is 26.7. The van der Waals surface area contributed by atoms with Crippen LogP contribution in [0, 0.1) is 0 Å². The molecule has 0 atom stereocenters. The van der Waals surface area contributed by atoms with Gasteiger partial charge in [0.05, 0.1) is 24.1 Å². The number of carbonyl (C=O) groups is 2. The van der Waals surface area contributed by atoms with Crippen molar-refractivity contribution >= 4 is 22.8 Å². The van der Waals surface area contributed by atoms with Crippen molar-refractivity contribution in [3.05, 3.63) is 108 Å². The maximum absolute atomic E-state index is 13.7. The van der Waals surface area contributed by atoms with Crippen molar-refractivity contribution in [2.45, 2.75) is 5.92 Å². The van der Waals surface area contributed by atoms with E-state index < -0.39 is 11.9 Å². The monoisotopic (exact) mass is 369 g/mol. The fourth-order valence-corrected chi connectivity index (χ4v) is 3.54. The van der Waals surface area contributed by atoms with Gasteiger partial charge in [-0.25, -0.2) is 4.79 Å². The summed E-state index contributed by atoms with van der Waals surface area (Å²) >= 11 is 0. The summed E-state index contributed by atoms with van der Waals surface area (Å²) in [6.45, 7) is 0. The molecular weight excluding hydrogens is 350 g/mol. The van der Waals surface area contributed by atoms with Crippen molar-refractivity contribution in [1.29, 1.82) is 0 Å². The molecule has 0 spiro atoms. The highest BCUT2D eigenvalue weighted by Gasteiger charge is 2.27. The Morgan fingerprint density at radius 3 is 1.89 bits per heavy atom. The number of ether oxygens (including phenoxy) is 1. The molecule has 0 fully saturated rings. The molecule has 0 saturated heterocycles. The number of hydrogen-bond acceptors (Lipinski definition) is 3. The molecule has 138 valence electrons. The number of esters is 1. The summed E-state index contributed by atoms with van der Waals surface area (Å²) in [4.78, 5) is 25.9. The van der Waals surface area contributed by atoms with E-state index in [0.717, 1.165) is 11.1 Å². The number of fused-ring (bicyclic) bond motifs is 1. The summed E-state index contributed by atoms with van der Waals surface area (Å²) < 4.78 is 6.47. The van der Waals surface area contributed by atoms with Gasteiger partial charge in [-0.2, -0.15) is 0 Å². The Hall–Kier alpha value is -3.66. The smallest absolute Gasteiger partial charge is 0.340 e. The SMILES string of the molecule is COC(=O)c1cn(C(=O)C(c2ccccc2)c2ccccc2)c2ccccc12. The molecule has 1 heterocycles. The first kappa shape index (κ1) is 17.7. The van der Waals surface area contributed by atoms with E-state index in [0.29, 0.717) is 16.5 Å². The Balaban J connectivity index is 1.90. The molecule has 0 aliphatic rings. The first-order valence-electron chi connectivity index (χ1n) is 9.03. The van der Waals surface area contributed by atoms with Crippen LogP contribution in [0.15, 0.2) is 91.1 Å². The molecule has 4 nitrogen and oxygen atoms in total. The van der Waals surface area contributed by atoms with Gasteiger partial charge >= 0.3 is 5.97 Å². The summed E-state index contributed by atoms with van der Waals surface area (Å²) in [5.41, 5.74) is 2.86. The standard InChI is InChI=1S/C24H19NO3/c1-28-24(27)20-16-25(21-15-9-8-14-19(20)21)23(26)22(17-10-4-2-5-11-17)18-12-6-3-7-13-18/h2-16,22H,1H3. The van der Waals surface area contributed by atoms with Crippen LogP contribution in [0.2, 0.25) is 0 Å². The normalized spacial score (nSPS) is 10.9. The number of para-hydroxylation sites is 1. The molecule has 0 radical (unpaired) electrons. The van der Waals surface area contributed by atoms with Gasteiger partial charge in [-0.1, -0.05) is 78.9 Å². The number of nitrogens with zero attached hydrogens (tertiary/aromatic N) is 1. The summed E-state index contributed by atoms with van der Waals surface area (Å²) in [7, 11) is 1.34. The third-order valence-electron chi connectivity index (χ3n) is 4.87. The largest absolute Gasteiger partial charge is 0.465 e. The first-order valence-corrected chi connectivity index (χ1v) is 9.03. The number of hydrogen-bond donors (Lipinski definition) is 0. The molecule has 0 unspecified atom stereocenters. The lowest BCUT2D eigenvalue weighted by molar-refractivity contribution is 0.0603. The van der Waals surface area contributed by atoms with Gasteiger partial charge in [-0.15, -0.1) is 0 Å². The lowest BCUT2D eigenvalue weighted by Gasteiger charge is -2.18. The van der Waals surface area contributed by atoms with E-state index in [2.05, 4.69) is 0 Å². The quantitative estimate of drug-likeness (QED) is 0.481. The van der Waals surface area contributed by atoms with Gasteiger partial charge in [0.1, 0.15) is 0 Å². The van der Waals surface area contributed by atoms with Crippen LogP contribution in [0.1, 0.15) is 32.2 Å². The van der Waals surface area contributed by atoms with Crippen molar-refractivity contribution in [2.75, 3.05) is 7.11 Å². The number of aromatic nitrogens is 1. The molecule has 0 saturated carbocycles. The minimum absolute atomic E-state index is 0.122. The number of benzene rings is 3. The summed E-state index contributed by atoms with van der Waals surface area (Å²) in [6.07, 6.45) is 1.58. The Bertz CT molecular complexity index is 1090. The van der Waals surface area contributed by atoms with Crippen LogP contribution in [0.25, 0.3) is 10.9 Å². The highest BCUT2D eigenvalue weighted by molar-refractivity contribution is 6.08. The van der Waals surface area contributed by atoms with Crippen LogP contribution in [0.4, 0.5) is 0 Å². The second-order valence-corrected chi connectivity index (χ2v) is 6.51. The zero-order valence-electron chi connectivity index (χ0n) is 15.4. The van der Waals surface area contributed by atoms with E-state index in [1.54, 1.807) is 10.8 Å². The third kappa shape index (κ3) is 3.09. The topological polar surface area (TPSA) is 48.3 Å². The molecule has 0 aliphatic carbocycles. The minimum atomic E-state index is -0.483. The Labute approximate surface area is 163 Å². The van der Waals surface area contributed by atoms with Crippen molar-refractivity contribution in [3.63, 3.8) is 0 Å². The fourth-order valence-electron chi connectivity index (χ4n) is 3.54. The predicted octanol–water partition coefficient (Wildman–Crippen LogP) is 4.90. The molecule has 0 bridgehead atoms. The van der Waals surface area contributed by atoms with Crippen LogP contribution >= 0.6 is 0 Å². The van der Waals surface area contributed by atoms with E-state index in [1.807, 2.05) is 84.9 Å². The van der Waals surface area contributed by atoms with Gasteiger partial charge in [0, 0.05) is 11.6 Å². The molecule has 0 N–H and O–H groups in total. The maximum atomic E-state index is 13.7. The summed E-state index contributed by atoms with van der Waals surface area (Å²) in [5, 5.41) is 0.697. The molecule has 0 aliphatic heterocycles. The van der Waals surface area contributed by atoms with Crippen LogP contribution in [0.5, 0.6) is 0 Å². The van der Waals surface area contributed by atoms with E-state index in [9.17, 15) is 9.59 Å². The zero-order valence-corrected chi connectivity index (χ0v) is 15.4. The van der Waals surface area contributed by atoms with Crippen LogP contribution in [-0.4, -0.2) is 23.6 Å². The summed E-state index contributed by atoms with van der Waals surface area (Å²) in [5.74, 6) is -1.06. The fraction of sp³-hybridized carbons (Fsp3) is 0.0833. The minimum Gasteiger partial charge on any atom is -0.465 e. The van der Waals surface area contributed by atoms with Gasteiger partial charge in [0.2, 0.25) is 5.91 Å². The molecule has 3 aromatic carbocycles. The van der Waals surface area contributed by atoms with Crippen molar-refractivity contribution < 1.29 is 14.3 Å². The van der Waals surface area contributed by atoms with Crippen molar-refractivity contribution in [2.24, 2.45) is 0 Å². The van der Waals surface area contributed by atoms with Gasteiger partial charge in [-0.05, 0) is 17.2 Å². The first-order chi connectivity index (χ1) is 13.7. The molecule has 4 heteroatoms. The maximum Gasteiger partial charge on any atom is 0.340 e.